The molecule has 2 aromatic carbocycles. The molecule has 0 bridgehead atoms. The van der Waals surface area contributed by atoms with Gasteiger partial charge in [0.25, 0.3) is 11.6 Å². The Morgan fingerprint density at radius 2 is 1.88 bits per heavy atom. The highest BCUT2D eigenvalue weighted by Gasteiger charge is 2.25. The van der Waals surface area contributed by atoms with Gasteiger partial charge in [0, 0.05) is 23.4 Å². The Bertz CT molecular complexity index is 813. The van der Waals surface area contributed by atoms with E-state index < -0.39 is 4.92 Å². The lowest BCUT2D eigenvalue weighted by molar-refractivity contribution is -0.384. The normalized spacial score (nSPS) is 13.4. The van der Waals surface area contributed by atoms with Gasteiger partial charge in [0.05, 0.1) is 4.92 Å². The second-order valence-corrected chi connectivity index (χ2v) is 6.18. The second kappa shape index (κ2) is 6.31. The van der Waals surface area contributed by atoms with Gasteiger partial charge in [0.1, 0.15) is 5.69 Å². The molecule has 0 radical (unpaired) electrons. The zero-order valence-electron chi connectivity index (χ0n) is 13.6. The van der Waals surface area contributed by atoms with Crippen LogP contribution in [0.3, 0.4) is 0 Å². The smallest absolute Gasteiger partial charge is 0.293 e. The molecule has 3 rings (SSSR count). The lowest BCUT2D eigenvalue weighted by Gasteiger charge is -2.11. The number of nitro benzene ring substituents is 1. The van der Waals surface area contributed by atoms with E-state index in [1.165, 1.54) is 6.07 Å². The van der Waals surface area contributed by atoms with Crippen molar-refractivity contribution in [2.45, 2.75) is 32.7 Å². The maximum atomic E-state index is 12.4. The van der Waals surface area contributed by atoms with Crippen LogP contribution in [0, 0.1) is 24.0 Å². The predicted molar refractivity (Wildman–Crippen MR) is 93.6 cm³/mol. The van der Waals surface area contributed by atoms with Crippen LogP contribution < -0.4 is 10.6 Å². The number of anilines is 2. The SMILES string of the molecule is Cc1ccc(C)c(NC(=O)c2ccc(NC3CC3)c([N+](=O)[O-])c2)c1. The Morgan fingerprint density at radius 1 is 1.12 bits per heavy atom. The summed E-state index contributed by atoms with van der Waals surface area (Å²) in [5.74, 6) is -0.357. The Hall–Kier alpha value is -2.89. The number of hydrogen-bond donors (Lipinski definition) is 2. The van der Waals surface area contributed by atoms with Crippen molar-refractivity contribution in [2.24, 2.45) is 0 Å². The fourth-order valence-corrected chi connectivity index (χ4v) is 2.46. The molecule has 0 aromatic heterocycles. The van der Waals surface area contributed by atoms with E-state index in [4.69, 9.17) is 0 Å². The van der Waals surface area contributed by atoms with Crippen molar-refractivity contribution in [2.75, 3.05) is 10.6 Å². The van der Waals surface area contributed by atoms with Gasteiger partial charge in [-0.1, -0.05) is 12.1 Å². The standard InChI is InChI=1S/C18H19N3O3/c1-11-3-4-12(2)16(9-11)20-18(22)13-5-8-15(19-14-6-7-14)17(10-13)21(23)24/h3-5,8-10,14,19H,6-7H2,1-2H3,(H,20,22). The van der Waals surface area contributed by atoms with Crippen molar-refractivity contribution in [3.8, 4) is 0 Å². The minimum atomic E-state index is -0.459. The molecule has 24 heavy (non-hydrogen) atoms. The molecule has 6 nitrogen and oxygen atoms in total. The highest BCUT2D eigenvalue weighted by molar-refractivity contribution is 6.05. The van der Waals surface area contributed by atoms with E-state index in [1.54, 1.807) is 12.1 Å². The topological polar surface area (TPSA) is 84.3 Å². The molecular weight excluding hydrogens is 306 g/mol. The van der Waals surface area contributed by atoms with E-state index in [-0.39, 0.29) is 17.2 Å². The minimum Gasteiger partial charge on any atom is -0.377 e. The maximum Gasteiger partial charge on any atom is 0.293 e. The van der Waals surface area contributed by atoms with Crippen LogP contribution in [0.1, 0.15) is 34.3 Å². The quantitative estimate of drug-likeness (QED) is 0.642. The summed E-state index contributed by atoms with van der Waals surface area (Å²) in [7, 11) is 0. The van der Waals surface area contributed by atoms with E-state index in [2.05, 4.69) is 10.6 Å². The summed E-state index contributed by atoms with van der Waals surface area (Å²) in [5.41, 5.74) is 3.34. The largest absolute Gasteiger partial charge is 0.377 e. The molecule has 1 aliphatic carbocycles. The van der Waals surface area contributed by atoms with Crippen LogP contribution in [0.15, 0.2) is 36.4 Å². The van der Waals surface area contributed by atoms with Gasteiger partial charge < -0.3 is 10.6 Å². The van der Waals surface area contributed by atoms with E-state index in [0.29, 0.717) is 17.4 Å². The van der Waals surface area contributed by atoms with E-state index in [1.807, 2.05) is 32.0 Å². The zero-order valence-corrected chi connectivity index (χ0v) is 13.6. The monoisotopic (exact) mass is 325 g/mol. The first kappa shape index (κ1) is 16.0. The molecule has 0 atom stereocenters. The number of rotatable bonds is 5. The molecule has 1 amide bonds. The summed E-state index contributed by atoms with van der Waals surface area (Å²) in [6.45, 7) is 3.85. The van der Waals surface area contributed by atoms with Gasteiger partial charge in [0.2, 0.25) is 0 Å². The van der Waals surface area contributed by atoms with Crippen LogP contribution in [0.2, 0.25) is 0 Å². The molecular formula is C18H19N3O3. The third-order valence-electron chi connectivity index (χ3n) is 4.03. The molecule has 1 aliphatic rings. The van der Waals surface area contributed by atoms with Crippen molar-refractivity contribution in [1.82, 2.24) is 0 Å². The Labute approximate surface area is 140 Å². The number of nitrogens with one attached hydrogen (secondary N) is 2. The summed E-state index contributed by atoms with van der Waals surface area (Å²) >= 11 is 0. The van der Waals surface area contributed by atoms with Gasteiger partial charge >= 0.3 is 0 Å². The van der Waals surface area contributed by atoms with Crippen LogP contribution in [-0.4, -0.2) is 16.9 Å². The zero-order chi connectivity index (χ0) is 17.3. The maximum absolute atomic E-state index is 12.4. The first-order valence-electron chi connectivity index (χ1n) is 7.87. The number of benzene rings is 2. The number of nitrogens with zero attached hydrogens (tertiary/aromatic N) is 1. The number of amides is 1. The number of nitro groups is 1. The molecule has 0 heterocycles. The Balaban J connectivity index is 1.85. The van der Waals surface area contributed by atoms with Crippen molar-refractivity contribution in [1.29, 1.82) is 0 Å². The number of carbonyl (C=O) groups is 1. The van der Waals surface area contributed by atoms with Crippen LogP contribution in [0.4, 0.5) is 17.1 Å². The average molecular weight is 325 g/mol. The molecule has 1 saturated carbocycles. The lowest BCUT2D eigenvalue weighted by atomic mass is 10.1. The summed E-state index contributed by atoms with van der Waals surface area (Å²) in [5, 5.41) is 17.2. The first-order valence-corrected chi connectivity index (χ1v) is 7.87. The molecule has 0 aliphatic heterocycles. The molecule has 2 aromatic rings. The third-order valence-corrected chi connectivity index (χ3v) is 4.03. The highest BCUT2D eigenvalue weighted by Crippen LogP contribution is 2.31. The van der Waals surface area contributed by atoms with E-state index in [9.17, 15) is 14.9 Å². The van der Waals surface area contributed by atoms with Gasteiger partial charge in [-0.3, -0.25) is 14.9 Å². The van der Waals surface area contributed by atoms with Crippen LogP contribution in [-0.2, 0) is 0 Å². The molecule has 2 N–H and O–H groups in total. The molecule has 124 valence electrons. The van der Waals surface area contributed by atoms with Gasteiger partial charge in [0.15, 0.2) is 0 Å². The summed E-state index contributed by atoms with van der Waals surface area (Å²) in [6.07, 6.45) is 2.04. The molecule has 0 spiro atoms. The third kappa shape index (κ3) is 3.53. The Kier molecular flexibility index (Phi) is 4.20. The van der Waals surface area contributed by atoms with Crippen molar-refractivity contribution in [3.63, 3.8) is 0 Å². The first-order chi connectivity index (χ1) is 11.4. The highest BCUT2D eigenvalue weighted by atomic mass is 16.6. The molecule has 0 saturated heterocycles. The van der Waals surface area contributed by atoms with Gasteiger partial charge in [-0.2, -0.15) is 0 Å². The molecule has 0 unspecified atom stereocenters. The van der Waals surface area contributed by atoms with Gasteiger partial charge in [-0.25, -0.2) is 0 Å². The van der Waals surface area contributed by atoms with Crippen molar-refractivity contribution >= 4 is 23.0 Å². The molecule has 1 fully saturated rings. The Morgan fingerprint density at radius 3 is 2.54 bits per heavy atom. The second-order valence-electron chi connectivity index (χ2n) is 6.18. The van der Waals surface area contributed by atoms with Crippen molar-refractivity contribution in [3.05, 3.63) is 63.2 Å². The fourth-order valence-electron chi connectivity index (χ4n) is 2.46. The summed E-state index contributed by atoms with van der Waals surface area (Å²) in [6, 6.07) is 10.6. The summed E-state index contributed by atoms with van der Waals surface area (Å²) in [4.78, 5) is 23.3. The minimum absolute atomic E-state index is 0.0736. The lowest BCUT2D eigenvalue weighted by Crippen LogP contribution is -2.14. The fraction of sp³-hybridized carbons (Fsp3) is 0.278. The van der Waals surface area contributed by atoms with E-state index in [0.717, 1.165) is 24.0 Å². The van der Waals surface area contributed by atoms with Gasteiger partial charge in [-0.15, -0.1) is 0 Å². The molecule has 6 heteroatoms. The van der Waals surface area contributed by atoms with Crippen LogP contribution in [0.25, 0.3) is 0 Å². The number of hydrogen-bond acceptors (Lipinski definition) is 4. The number of aryl methyl sites for hydroxylation is 2. The average Bonchev–Trinajstić information content (AvgIpc) is 3.35. The van der Waals surface area contributed by atoms with E-state index >= 15 is 0 Å². The van der Waals surface area contributed by atoms with Gasteiger partial charge in [-0.05, 0) is 56.0 Å². The predicted octanol–water partition coefficient (Wildman–Crippen LogP) is 4.04. The summed E-state index contributed by atoms with van der Waals surface area (Å²) < 4.78 is 0. The number of carbonyl (C=O) groups excluding carboxylic acids is 1. The van der Waals surface area contributed by atoms with Crippen LogP contribution in [0.5, 0.6) is 0 Å². The van der Waals surface area contributed by atoms with Crippen LogP contribution >= 0.6 is 0 Å². The van der Waals surface area contributed by atoms with Crippen molar-refractivity contribution < 1.29 is 9.72 Å².